The lowest BCUT2D eigenvalue weighted by Gasteiger charge is -2.26. The molecule has 0 saturated carbocycles. The molecule has 32 heavy (non-hydrogen) atoms. The average molecular weight is 538 g/mol. The van der Waals surface area contributed by atoms with Crippen LogP contribution < -0.4 is 5.32 Å². The molecule has 0 radical (unpaired) electrons. The van der Waals surface area contributed by atoms with Crippen molar-refractivity contribution in [2.75, 3.05) is 11.9 Å². The molecule has 166 valence electrons. The van der Waals surface area contributed by atoms with Gasteiger partial charge in [0.25, 0.3) is 0 Å². The van der Waals surface area contributed by atoms with Crippen LogP contribution in [0.4, 0.5) is 11.6 Å². The van der Waals surface area contributed by atoms with Crippen LogP contribution in [0.15, 0.2) is 28.7 Å². The summed E-state index contributed by atoms with van der Waals surface area (Å²) in [5.74, 6) is -0.800. The van der Waals surface area contributed by atoms with Gasteiger partial charge in [0.1, 0.15) is 17.0 Å². The molecule has 1 heterocycles. The minimum atomic E-state index is -1.66. The quantitative estimate of drug-likeness (QED) is 0.321. The first-order chi connectivity index (χ1) is 15.1. The number of fused-ring (bicyclic) bond motifs is 1. The fourth-order valence-corrected chi connectivity index (χ4v) is 4.41. The number of anilines is 2. The Morgan fingerprint density at radius 2 is 1.97 bits per heavy atom. The van der Waals surface area contributed by atoms with Crippen LogP contribution in [-0.2, 0) is 26.8 Å². The number of nitrogens with zero attached hydrogens (tertiary/aromatic N) is 3. The van der Waals surface area contributed by atoms with Crippen molar-refractivity contribution in [1.29, 1.82) is 5.26 Å². The molecule has 1 N–H and O–H groups in total. The zero-order valence-electron chi connectivity index (χ0n) is 17.7. The SMILES string of the molecule is CCOC(=O)C(C)(C(C)=O)c1cc(Br)c2nc(Nc3c(Cl)cccc3Cl)n(C)c2c1C#N. The van der Waals surface area contributed by atoms with Crippen molar-refractivity contribution in [1.82, 2.24) is 9.55 Å². The van der Waals surface area contributed by atoms with E-state index in [0.717, 1.165) is 0 Å². The van der Waals surface area contributed by atoms with E-state index in [1.54, 1.807) is 42.8 Å². The van der Waals surface area contributed by atoms with Gasteiger partial charge >= 0.3 is 5.97 Å². The number of ether oxygens (including phenoxy) is 1. The van der Waals surface area contributed by atoms with Crippen molar-refractivity contribution < 1.29 is 14.3 Å². The Bertz CT molecular complexity index is 1280. The van der Waals surface area contributed by atoms with Gasteiger partial charge in [-0.2, -0.15) is 5.26 Å². The Morgan fingerprint density at radius 1 is 1.34 bits per heavy atom. The standard InChI is InChI=1S/C22H19BrCl2N4O3/c1-5-32-20(31)22(3,11(2)30)13-9-14(23)17-19(12(13)10-26)29(4)21(27-17)28-18-15(24)7-6-8-16(18)25/h6-9H,5H2,1-4H3,(H,27,28). The summed E-state index contributed by atoms with van der Waals surface area (Å²) < 4.78 is 7.32. The first-order valence-corrected chi connectivity index (χ1v) is 11.1. The van der Waals surface area contributed by atoms with Gasteiger partial charge in [0.2, 0.25) is 5.95 Å². The van der Waals surface area contributed by atoms with Crippen LogP contribution in [0.2, 0.25) is 10.0 Å². The first-order valence-electron chi connectivity index (χ1n) is 9.56. The molecule has 0 aliphatic rings. The zero-order chi connectivity index (χ0) is 23.8. The number of hydrogen-bond acceptors (Lipinski definition) is 6. The van der Waals surface area contributed by atoms with E-state index in [9.17, 15) is 14.9 Å². The van der Waals surface area contributed by atoms with E-state index in [4.69, 9.17) is 27.9 Å². The third kappa shape index (κ3) is 3.85. The van der Waals surface area contributed by atoms with Crippen LogP contribution in [-0.4, -0.2) is 27.9 Å². The summed E-state index contributed by atoms with van der Waals surface area (Å²) in [6, 6.07) is 8.80. The maximum Gasteiger partial charge on any atom is 0.323 e. The Balaban J connectivity index is 2.30. The summed E-state index contributed by atoms with van der Waals surface area (Å²) in [4.78, 5) is 30.0. The summed E-state index contributed by atoms with van der Waals surface area (Å²) in [5, 5.41) is 13.9. The van der Waals surface area contributed by atoms with Gasteiger partial charge in [-0.3, -0.25) is 9.59 Å². The third-order valence-corrected chi connectivity index (χ3v) is 6.57. The molecule has 1 atom stereocenters. The van der Waals surface area contributed by atoms with Gasteiger partial charge in [-0.05, 0) is 60.5 Å². The largest absolute Gasteiger partial charge is 0.465 e. The van der Waals surface area contributed by atoms with Gasteiger partial charge in [-0.1, -0.05) is 29.3 Å². The topological polar surface area (TPSA) is 97.0 Å². The molecule has 10 heteroatoms. The van der Waals surface area contributed by atoms with Crippen molar-refractivity contribution >= 4 is 73.6 Å². The van der Waals surface area contributed by atoms with Gasteiger partial charge in [0, 0.05) is 11.5 Å². The van der Waals surface area contributed by atoms with E-state index in [1.165, 1.54) is 13.8 Å². The van der Waals surface area contributed by atoms with E-state index >= 15 is 0 Å². The predicted octanol–water partition coefficient (Wildman–Crippen LogP) is 5.67. The van der Waals surface area contributed by atoms with E-state index in [-0.39, 0.29) is 17.7 Å². The Kier molecular flexibility index (Phi) is 6.84. The van der Waals surface area contributed by atoms with Crippen LogP contribution in [0.25, 0.3) is 11.0 Å². The maximum atomic E-state index is 12.8. The molecule has 0 spiro atoms. The number of carbonyl (C=O) groups is 2. The number of esters is 1. The number of ketones is 1. The second kappa shape index (κ2) is 9.10. The van der Waals surface area contributed by atoms with Crippen molar-refractivity contribution in [2.45, 2.75) is 26.2 Å². The lowest BCUT2D eigenvalue weighted by atomic mass is 9.76. The van der Waals surface area contributed by atoms with Gasteiger partial charge in [-0.25, -0.2) is 4.98 Å². The number of halogens is 3. The molecular formula is C22H19BrCl2N4O3. The highest BCUT2D eigenvalue weighted by Crippen LogP contribution is 2.39. The number of aryl methyl sites for hydroxylation is 1. The molecule has 0 bridgehead atoms. The number of Topliss-reactive ketones (excluding diaryl/α,β-unsaturated/α-hetero) is 1. The molecule has 1 aromatic heterocycles. The number of aromatic nitrogens is 2. The molecule has 0 saturated heterocycles. The smallest absolute Gasteiger partial charge is 0.323 e. The number of carbonyl (C=O) groups excluding carboxylic acids is 2. The van der Waals surface area contributed by atoms with E-state index in [2.05, 4.69) is 32.3 Å². The molecule has 2 aromatic carbocycles. The number of nitriles is 1. The average Bonchev–Trinajstić information content (AvgIpc) is 3.07. The summed E-state index contributed by atoms with van der Waals surface area (Å²) in [6.07, 6.45) is 0. The molecule has 0 aliphatic carbocycles. The van der Waals surface area contributed by atoms with Crippen LogP contribution in [0.5, 0.6) is 0 Å². The van der Waals surface area contributed by atoms with Crippen molar-refractivity contribution in [3.8, 4) is 6.07 Å². The molecule has 0 fully saturated rings. The third-order valence-electron chi connectivity index (χ3n) is 5.34. The summed E-state index contributed by atoms with van der Waals surface area (Å²) in [7, 11) is 1.70. The minimum absolute atomic E-state index is 0.103. The fraction of sp³-hybridized carbons (Fsp3) is 0.273. The Morgan fingerprint density at radius 3 is 2.50 bits per heavy atom. The Hall–Kier alpha value is -2.60. The van der Waals surface area contributed by atoms with E-state index < -0.39 is 17.2 Å². The molecule has 3 aromatic rings. The zero-order valence-corrected chi connectivity index (χ0v) is 20.8. The van der Waals surface area contributed by atoms with Gasteiger partial charge in [-0.15, -0.1) is 0 Å². The lowest BCUT2D eigenvalue weighted by molar-refractivity contribution is -0.152. The molecule has 3 rings (SSSR count). The van der Waals surface area contributed by atoms with Crippen molar-refractivity contribution in [3.05, 3.63) is 49.9 Å². The number of para-hydroxylation sites is 1. The predicted molar refractivity (Wildman–Crippen MR) is 128 cm³/mol. The summed E-state index contributed by atoms with van der Waals surface area (Å²) in [6.45, 7) is 4.51. The molecule has 7 nitrogen and oxygen atoms in total. The fourth-order valence-electron chi connectivity index (χ4n) is 3.41. The maximum absolute atomic E-state index is 12.8. The van der Waals surface area contributed by atoms with Gasteiger partial charge in [0.05, 0.1) is 33.4 Å². The number of imidazole rings is 1. The highest BCUT2D eigenvalue weighted by molar-refractivity contribution is 9.10. The van der Waals surface area contributed by atoms with Crippen molar-refractivity contribution in [2.24, 2.45) is 7.05 Å². The number of rotatable bonds is 6. The van der Waals surface area contributed by atoms with Gasteiger partial charge in [0.15, 0.2) is 5.78 Å². The monoisotopic (exact) mass is 536 g/mol. The second-order valence-corrected chi connectivity index (χ2v) is 8.88. The summed E-state index contributed by atoms with van der Waals surface area (Å²) >= 11 is 16.0. The van der Waals surface area contributed by atoms with E-state index in [1.807, 2.05) is 0 Å². The second-order valence-electron chi connectivity index (χ2n) is 7.21. The molecule has 0 amide bonds. The van der Waals surface area contributed by atoms with Crippen LogP contribution in [0, 0.1) is 11.3 Å². The van der Waals surface area contributed by atoms with Gasteiger partial charge < -0.3 is 14.6 Å². The van der Waals surface area contributed by atoms with E-state index in [0.29, 0.717) is 37.2 Å². The number of nitrogens with one attached hydrogen (secondary N) is 1. The highest BCUT2D eigenvalue weighted by atomic mass is 79.9. The van der Waals surface area contributed by atoms with Crippen LogP contribution in [0.1, 0.15) is 31.9 Å². The molecular weight excluding hydrogens is 519 g/mol. The number of benzene rings is 2. The van der Waals surface area contributed by atoms with Crippen molar-refractivity contribution in [3.63, 3.8) is 0 Å². The lowest BCUT2D eigenvalue weighted by Crippen LogP contribution is -2.41. The molecule has 0 aliphatic heterocycles. The molecule has 1 unspecified atom stereocenters. The Labute approximate surface area is 203 Å². The first kappa shape index (κ1) is 24.1. The highest BCUT2D eigenvalue weighted by Gasteiger charge is 2.44. The summed E-state index contributed by atoms with van der Waals surface area (Å²) in [5.41, 5.74) is 0.0662. The van der Waals surface area contributed by atoms with Crippen LogP contribution >= 0.6 is 39.1 Å². The normalized spacial score (nSPS) is 12.8. The van der Waals surface area contributed by atoms with Crippen LogP contribution in [0.3, 0.4) is 0 Å². The number of hydrogen-bond donors (Lipinski definition) is 1. The minimum Gasteiger partial charge on any atom is -0.465 e.